The van der Waals surface area contributed by atoms with Crippen LogP contribution in [0.1, 0.15) is 245 Å². The molecule has 5 heteroatoms. The summed E-state index contributed by atoms with van der Waals surface area (Å²) in [5.74, 6) is -0.647. The van der Waals surface area contributed by atoms with Crippen LogP contribution in [0.15, 0.2) is 158 Å². The first-order chi connectivity index (χ1) is 36.6. The van der Waals surface area contributed by atoms with Gasteiger partial charge in [0.15, 0.2) is 6.10 Å². The molecule has 1 unspecified atom stereocenters. The Labute approximate surface area is 456 Å². The summed E-state index contributed by atoms with van der Waals surface area (Å²) in [6.45, 7) is 3.87. The van der Waals surface area contributed by atoms with Crippen molar-refractivity contribution in [2.75, 3.05) is 13.2 Å². The summed E-state index contributed by atoms with van der Waals surface area (Å²) < 4.78 is 10.7. The standard InChI is InChI=1S/C69H110O5/c1-3-5-7-9-11-13-15-17-19-21-23-25-26-27-28-29-30-31-32-33-34-35-36-37-38-39-40-41-42-44-46-48-50-52-54-56-58-60-62-64-69(72)74-67(65-70)66-73-68(71)63-61-59-57-55-53-51-49-47-45-43-24-22-20-18-16-14-12-10-8-6-4-2/h5-8,11-14,17-20,23-25,27-28,30-31,33-34,43,47,49,53,55,67,70H,3-4,9-10,15-16,21-22,26,29,32,35-42,44-46,48,50-52,54,56-66H2,1-2H3/b7-5-,8-6-,13-11-,14-12-,19-17-,20-18-,25-23-,28-27-,31-30-,34-33-,43-24-,49-47-,55-53-. The fraction of sp³-hybridized carbons (Fsp3) is 0.594. The summed E-state index contributed by atoms with van der Waals surface area (Å²) in [6.07, 6.45) is 96.6. The second-order valence-corrected chi connectivity index (χ2v) is 19.3. The van der Waals surface area contributed by atoms with E-state index in [4.69, 9.17) is 9.47 Å². The molecule has 1 atom stereocenters. The largest absolute Gasteiger partial charge is 0.462 e. The monoisotopic (exact) mass is 1020 g/mol. The first kappa shape index (κ1) is 69.5. The van der Waals surface area contributed by atoms with E-state index in [1.54, 1.807) is 0 Å². The highest BCUT2D eigenvalue weighted by atomic mass is 16.6. The fourth-order valence-corrected chi connectivity index (χ4v) is 7.89. The maximum absolute atomic E-state index is 12.3. The average Bonchev–Trinajstić information content (AvgIpc) is 3.40. The van der Waals surface area contributed by atoms with E-state index in [2.05, 4.69) is 172 Å². The van der Waals surface area contributed by atoms with Gasteiger partial charge in [0.1, 0.15) is 6.61 Å². The van der Waals surface area contributed by atoms with Gasteiger partial charge in [0.05, 0.1) is 6.61 Å². The summed E-state index contributed by atoms with van der Waals surface area (Å²) >= 11 is 0. The molecule has 0 saturated heterocycles. The van der Waals surface area contributed by atoms with Crippen molar-refractivity contribution in [3.63, 3.8) is 0 Å². The van der Waals surface area contributed by atoms with E-state index < -0.39 is 6.10 Å². The van der Waals surface area contributed by atoms with Crippen LogP contribution in [0, 0.1) is 0 Å². The van der Waals surface area contributed by atoms with Crippen LogP contribution in [-0.2, 0) is 19.1 Å². The number of aliphatic hydroxyl groups excluding tert-OH is 1. The highest BCUT2D eigenvalue weighted by molar-refractivity contribution is 5.70. The third-order valence-corrected chi connectivity index (χ3v) is 12.3. The summed E-state index contributed by atoms with van der Waals surface area (Å²) in [5, 5.41) is 9.66. The van der Waals surface area contributed by atoms with Crippen molar-refractivity contribution in [2.45, 2.75) is 251 Å². The molecular formula is C69H110O5. The summed E-state index contributed by atoms with van der Waals surface area (Å²) in [6, 6.07) is 0. The number of esters is 2. The number of hydrogen-bond acceptors (Lipinski definition) is 5. The number of unbranched alkanes of at least 4 members (excludes halogenated alkanes) is 19. The molecule has 0 amide bonds. The summed E-state index contributed by atoms with van der Waals surface area (Å²) in [5.41, 5.74) is 0. The zero-order valence-electron chi connectivity index (χ0n) is 47.5. The van der Waals surface area contributed by atoms with Gasteiger partial charge in [-0.25, -0.2) is 0 Å². The molecule has 0 aromatic carbocycles. The van der Waals surface area contributed by atoms with Gasteiger partial charge in [0.25, 0.3) is 0 Å². The molecule has 5 nitrogen and oxygen atoms in total. The predicted octanol–water partition coefficient (Wildman–Crippen LogP) is 20.7. The Bertz CT molecular complexity index is 1620. The van der Waals surface area contributed by atoms with Crippen LogP contribution in [-0.4, -0.2) is 36.4 Å². The Morgan fingerprint density at radius 3 is 0.838 bits per heavy atom. The first-order valence-electron chi connectivity index (χ1n) is 30.0. The molecule has 0 aliphatic heterocycles. The lowest BCUT2D eigenvalue weighted by atomic mass is 10.0. The lowest BCUT2D eigenvalue weighted by Gasteiger charge is -2.15. The van der Waals surface area contributed by atoms with Crippen LogP contribution in [0.4, 0.5) is 0 Å². The van der Waals surface area contributed by atoms with Gasteiger partial charge < -0.3 is 14.6 Å². The normalized spacial score (nSPS) is 13.4. The molecule has 0 rings (SSSR count). The van der Waals surface area contributed by atoms with Gasteiger partial charge in [0.2, 0.25) is 0 Å². The Balaban J connectivity index is 3.55. The van der Waals surface area contributed by atoms with Crippen molar-refractivity contribution in [3.05, 3.63) is 158 Å². The van der Waals surface area contributed by atoms with Crippen LogP contribution < -0.4 is 0 Å². The highest BCUT2D eigenvalue weighted by Gasteiger charge is 2.16. The molecule has 0 spiro atoms. The number of hydrogen-bond donors (Lipinski definition) is 1. The molecule has 0 bridgehead atoms. The molecule has 0 radical (unpaired) electrons. The molecule has 0 fully saturated rings. The van der Waals surface area contributed by atoms with Crippen molar-refractivity contribution in [1.29, 1.82) is 0 Å². The van der Waals surface area contributed by atoms with E-state index in [1.165, 1.54) is 96.3 Å². The van der Waals surface area contributed by atoms with Crippen molar-refractivity contribution in [2.24, 2.45) is 0 Å². The van der Waals surface area contributed by atoms with Crippen molar-refractivity contribution in [3.8, 4) is 0 Å². The number of allylic oxidation sites excluding steroid dienone is 26. The first-order valence-corrected chi connectivity index (χ1v) is 30.0. The van der Waals surface area contributed by atoms with E-state index >= 15 is 0 Å². The molecule has 74 heavy (non-hydrogen) atoms. The van der Waals surface area contributed by atoms with Crippen LogP contribution in [0.25, 0.3) is 0 Å². The number of carbonyl (C=O) groups excluding carboxylic acids is 2. The van der Waals surface area contributed by atoms with Gasteiger partial charge in [-0.05, 0) is 122 Å². The molecule has 0 aromatic rings. The van der Waals surface area contributed by atoms with Crippen LogP contribution in [0.5, 0.6) is 0 Å². The second-order valence-electron chi connectivity index (χ2n) is 19.3. The molecule has 0 aliphatic rings. The fourth-order valence-electron chi connectivity index (χ4n) is 7.89. The molecular weight excluding hydrogens is 909 g/mol. The van der Waals surface area contributed by atoms with E-state index in [1.807, 2.05) is 0 Å². The molecule has 0 aliphatic carbocycles. The van der Waals surface area contributed by atoms with E-state index in [0.717, 1.165) is 122 Å². The lowest BCUT2D eigenvalue weighted by molar-refractivity contribution is -0.161. The van der Waals surface area contributed by atoms with Crippen molar-refractivity contribution in [1.82, 2.24) is 0 Å². The number of ether oxygens (including phenoxy) is 2. The number of carbonyl (C=O) groups is 2. The Morgan fingerprint density at radius 1 is 0.311 bits per heavy atom. The van der Waals surface area contributed by atoms with Crippen LogP contribution >= 0.6 is 0 Å². The van der Waals surface area contributed by atoms with Gasteiger partial charge in [-0.1, -0.05) is 268 Å². The van der Waals surface area contributed by atoms with Gasteiger partial charge in [-0.3, -0.25) is 9.59 Å². The number of aliphatic hydroxyl groups is 1. The third kappa shape index (κ3) is 60.1. The van der Waals surface area contributed by atoms with Crippen molar-refractivity contribution >= 4 is 11.9 Å². The summed E-state index contributed by atoms with van der Waals surface area (Å²) in [4.78, 5) is 24.5. The lowest BCUT2D eigenvalue weighted by Crippen LogP contribution is -2.28. The van der Waals surface area contributed by atoms with Crippen LogP contribution in [0.2, 0.25) is 0 Å². The van der Waals surface area contributed by atoms with E-state index in [-0.39, 0.29) is 25.2 Å². The maximum atomic E-state index is 12.3. The van der Waals surface area contributed by atoms with E-state index in [0.29, 0.717) is 12.8 Å². The van der Waals surface area contributed by atoms with Gasteiger partial charge >= 0.3 is 11.9 Å². The van der Waals surface area contributed by atoms with Gasteiger partial charge in [-0.15, -0.1) is 0 Å². The quantitative estimate of drug-likeness (QED) is 0.0373. The minimum Gasteiger partial charge on any atom is -0.462 e. The van der Waals surface area contributed by atoms with Gasteiger partial charge in [0, 0.05) is 12.8 Å². The third-order valence-electron chi connectivity index (χ3n) is 12.3. The zero-order chi connectivity index (χ0) is 53.4. The highest BCUT2D eigenvalue weighted by Crippen LogP contribution is 2.15. The number of rotatable bonds is 53. The molecule has 0 saturated carbocycles. The minimum absolute atomic E-state index is 0.0962. The Kier molecular flexibility index (Phi) is 59.0. The van der Waals surface area contributed by atoms with E-state index in [9.17, 15) is 14.7 Å². The zero-order valence-corrected chi connectivity index (χ0v) is 47.5. The molecule has 416 valence electrons. The summed E-state index contributed by atoms with van der Waals surface area (Å²) in [7, 11) is 0. The maximum Gasteiger partial charge on any atom is 0.306 e. The minimum atomic E-state index is -0.801. The Hall–Kier alpha value is -4.48. The SMILES string of the molecule is CC/C=C\C/C=C\C/C=C\C/C=C\C/C=C\C/C=C\C/C=C\CCCCCCCCCCCCCCCCCCCC(=O)OC(CO)COC(=O)CCCC/C=C\C/C=C\C/C=C\C/C=C\C/C=C\C/C=C\CC. The van der Waals surface area contributed by atoms with Gasteiger partial charge in [-0.2, -0.15) is 0 Å². The molecule has 0 aromatic heterocycles. The second kappa shape index (κ2) is 62.8. The topological polar surface area (TPSA) is 72.8 Å². The molecule has 1 N–H and O–H groups in total. The smallest absolute Gasteiger partial charge is 0.306 e. The van der Waals surface area contributed by atoms with Crippen molar-refractivity contribution < 1.29 is 24.2 Å². The van der Waals surface area contributed by atoms with Crippen LogP contribution in [0.3, 0.4) is 0 Å². The molecule has 0 heterocycles. The predicted molar refractivity (Wildman–Crippen MR) is 324 cm³/mol. The average molecular weight is 1020 g/mol. The Morgan fingerprint density at radius 2 is 0.541 bits per heavy atom.